The van der Waals surface area contributed by atoms with Gasteiger partial charge >= 0.3 is 0 Å². The van der Waals surface area contributed by atoms with Gasteiger partial charge in [0.15, 0.2) is 0 Å². The molecule has 0 fully saturated rings. The normalized spacial score (nSPS) is 10.9. The zero-order chi connectivity index (χ0) is 45.5. The van der Waals surface area contributed by atoms with Crippen molar-refractivity contribution in [3.05, 3.63) is 291 Å². The topological polar surface area (TPSA) is 6.48 Å². The fourth-order valence-electron chi connectivity index (χ4n) is 9.21. The lowest BCUT2D eigenvalue weighted by Gasteiger charge is -2.28. The van der Waals surface area contributed by atoms with Crippen LogP contribution in [0.2, 0.25) is 0 Å². The minimum atomic E-state index is 1.10. The molecule has 0 aliphatic carbocycles. The van der Waals surface area contributed by atoms with E-state index in [1.54, 1.807) is 0 Å². The molecule has 0 radical (unpaired) electrons. The molecule has 0 heterocycles. The average Bonchev–Trinajstić information content (AvgIpc) is 3.43. The quantitative estimate of drug-likeness (QED) is 0.121. The number of nitrogens with zero attached hydrogens (tertiary/aromatic N) is 2. The van der Waals surface area contributed by atoms with Crippen molar-refractivity contribution in [2.75, 3.05) is 9.80 Å². The van der Waals surface area contributed by atoms with E-state index in [0.717, 1.165) is 56.4 Å². The van der Waals surface area contributed by atoms with Gasteiger partial charge in [0.05, 0.1) is 5.69 Å². The Hall–Kier alpha value is -8.98. The molecule has 11 aromatic rings. The monoisotopic (exact) mass is 868 g/mol. The Morgan fingerprint density at radius 1 is 0.162 bits per heavy atom. The molecular weight excluding hydrogens is 821 g/mol. The minimum absolute atomic E-state index is 1.10. The van der Waals surface area contributed by atoms with E-state index >= 15 is 0 Å². The van der Waals surface area contributed by atoms with Crippen molar-refractivity contribution in [3.8, 4) is 66.8 Å². The molecule has 68 heavy (non-hydrogen) atoms. The van der Waals surface area contributed by atoms with Crippen molar-refractivity contribution < 1.29 is 0 Å². The highest BCUT2D eigenvalue weighted by Gasteiger charge is 2.19. The number of hydrogen-bond acceptors (Lipinski definition) is 2. The number of para-hydroxylation sites is 2. The Morgan fingerprint density at radius 2 is 0.426 bits per heavy atom. The predicted octanol–water partition coefficient (Wildman–Crippen LogP) is 18.6. The molecule has 0 saturated heterocycles. The first-order valence-corrected chi connectivity index (χ1v) is 23.2. The number of rotatable bonds is 12. The Labute approximate surface area is 400 Å². The summed E-state index contributed by atoms with van der Waals surface area (Å²) in [5.74, 6) is 0. The number of anilines is 6. The summed E-state index contributed by atoms with van der Waals surface area (Å²) in [6.45, 7) is 0. The van der Waals surface area contributed by atoms with E-state index in [4.69, 9.17) is 0 Å². The van der Waals surface area contributed by atoms with Gasteiger partial charge in [0.1, 0.15) is 0 Å². The smallest absolute Gasteiger partial charge is 0.0540 e. The van der Waals surface area contributed by atoms with Crippen LogP contribution in [0.5, 0.6) is 0 Å². The summed E-state index contributed by atoms with van der Waals surface area (Å²) in [6.07, 6.45) is 0. The van der Waals surface area contributed by atoms with E-state index in [1.807, 2.05) is 0 Å². The van der Waals surface area contributed by atoms with Crippen molar-refractivity contribution in [2.45, 2.75) is 0 Å². The molecule has 0 unspecified atom stereocenters. The Kier molecular flexibility index (Phi) is 11.8. The maximum Gasteiger partial charge on any atom is 0.0540 e. The molecule has 0 atom stereocenters. The molecule has 0 saturated carbocycles. The van der Waals surface area contributed by atoms with Crippen molar-refractivity contribution in [2.24, 2.45) is 0 Å². The van der Waals surface area contributed by atoms with Crippen LogP contribution in [0.15, 0.2) is 291 Å². The summed E-state index contributed by atoms with van der Waals surface area (Å²) in [5.41, 5.74) is 20.8. The lowest BCUT2D eigenvalue weighted by atomic mass is 9.93. The first kappa shape index (κ1) is 41.7. The summed E-state index contributed by atoms with van der Waals surface area (Å²) in [4.78, 5) is 4.69. The first-order valence-electron chi connectivity index (χ1n) is 23.2. The lowest BCUT2D eigenvalue weighted by Crippen LogP contribution is -2.11. The summed E-state index contributed by atoms with van der Waals surface area (Å²) in [6, 6.07) is 105. The predicted molar refractivity (Wildman–Crippen MR) is 288 cm³/mol. The zero-order valence-corrected chi connectivity index (χ0v) is 37.6. The van der Waals surface area contributed by atoms with Crippen molar-refractivity contribution >= 4 is 34.1 Å². The van der Waals surface area contributed by atoms with E-state index in [-0.39, 0.29) is 0 Å². The molecule has 322 valence electrons. The van der Waals surface area contributed by atoms with E-state index in [0.29, 0.717) is 0 Å². The standard InChI is InChI=1S/C66H48N2/c1-6-18-49(19-7-1)51-32-39-62(40-33-51)67(60-28-12-4-13-29-60)63-41-36-53(37-42-63)55-24-16-25-56(46-55)57-26-17-27-58(47-57)59-38-45-66(65(48-59)54-22-10-3-11-23-54)68(61-30-14-5-15-31-61)64-43-34-52(35-44-64)50-20-8-2-9-21-50/h1-48H. The highest BCUT2D eigenvalue weighted by Crippen LogP contribution is 2.44. The largest absolute Gasteiger partial charge is 0.311 e. The van der Waals surface area contributed by atoms with Crippen LogP contribution >= 0.6 is 0 Å². The molecule has 0 aliphatic rings. The Balaban J connectivity index is 0.907. The van der Waals surface area contributed by atoms with Crippen LogP contribution in [0.1, 0.15) is 0 Å². The van der Waals surface area contributed by atoms with Crippen LogP contribution in [0.4, 0.5) is 34.1 Å². The molecule has 0 bridgehead atoms. The van der Waals surface area contributed by atoms with E-state index < -0.39 is 0 Å². The fraction of sp³-hybridized carbons (Fsp3) is 0. The summed E-state index contributed by atoms with van der Waals surface area (Å²) in [7, 11) is 0. The van der Waals surface area contributed by atoms with Gasteiger partial charge in [-0.15, -0.1) is 0 Å². The summed E-state index contributed by atoms with van der Waals surface area (Å²) < 4.78 is 0. The van der Waals surface area contributed by atoms with Crippen LogP contribution in [-0.2, 0) is 0 Å². The van der Waals surface area contributed by atoms with Crippen LogP contribution in [0, 0.1) is 0 Å². The molecule has 0 N–H and O–H groups in total. The van der Waals surface area contributed by atoms with Crippen molar-refractivity contribution in [3.63, 3.8) is 0 Å². The average molecular weight is 869 g/mol. The van der Waals surface area contributed by atoms with Gasteiger partial charge < -0.3 is 9.80 Å². The second-order valence-corrected chi connectivity index (χ2v) is 17.0. The molecule has 0 aliphatic heterocycles. The molecule has 2 heteroatoms. The highest BCUT2D eigenvalue weighted by atomic mass is 15.1. The Morgan fingerprint density at radius 3 is 0.853 bits per heavy atom. The lowest BCUT2D eigenvalue weighted by molar-refractivity contribution is 1.28. The van der Waals surface area contributed by atoms with Crippen LogP contribution in [-0.4, -0.2) is 0 Å². The molecule has 11 aromatic carbocycles. The van der Waals surface area contributed by atoms with Crippen molar-refractivity contribution in [1.29, 1.82) is 0 Å². The van der Waals surface area contributed by atoms with Crippen LogP contribution in [0.25, 0.3) is 66.8 Å². The van der Waals surface area contributed by atoms with Gasteiger partial charge in [-0.25, -0.2) is 0 Å². The van der Waals surface area contributed by atoms with Gasteiger partial charge in [0.25, 0.3) is 0 Å². The molecular formula is C66H48N2. The third kappa shape index (κ3) is 8.87. The second kappa shape index (κ2) is 19.2. The zero-order valence-electron chi connectivity index (χ0n) is 37.6. The van der Waals surface area contributed by atoms with Crippen molar-refractivity contribution in [1.82, 2.24) is 0 Å². The maximum atomic E-state index is 2.37. The summed E-state index contributed by atoms with van der Waals surface area (Å²) in [5, 5.41) is 0. The molecule has 0 amide bonds. The Bertz CT molecular complexity index is 3390. The van der Waals surface area contributed by atoms with Gasteiger partial charge in [0, 0.05) is 34.0 Å². The number of hydrogen-bond donors (Lipinski definition) is 0. The van der Waals surface area contributed by atoms with Gasteiger partial charge in [-0.1, -0.05) is 206 Å². The van der Waals surface area contributed by atoms with Gasteiger partial charge in [-0.2, -0.15) is 0 Å². The van der Waals surface area contributed by atoms with E-state index in [9.17, 15) is 0 Å². The second-order valence-electron chi connectivity index (χ2n) is 17.0. The molecule has 0 aromatic heterocycles. The fourth-order valence-corrected chi connectivity index (χ4v) is 9.21. The van der Waals surface area contributed by atoms with E-state index in [2.05, 4.69) is 301 Å². The first-order chi connectivity index (χ1) is 33.7. The third-order valence-electron chi connectivity index (χ3n) is 12.7. The van der Waals surface area contributed by atoms with Crippen LogP contribution < -0.4 is 9.80 Å². The van der Waals surface area contributed by atoms with Gasteiger partial charge in [-0.05, 0) is 146 Å². The van der Waals surface area contributed by atoms with Gasteiger partial charge in [-0.3, -0.25) is 0 Å². The van der Waals surface area contributed by atoms with Crippen LogP contribution in [0.3, 0.4) is 0 Å². The maximum absolute atomic E-state index is 2.37. The third-order valence-corrected chi connectivity index (χ3v) is 12.7. The molecule has 0 spiro atoms. The van der Waals surface area contributed by atoms with E-state index in [1.165, 1.54) is 44.5 Å². The number of benzene rings is 11. The summed E-state index contributed by atoms with van der Waals surface area (Å²) >= 11 is 0. The minimum Gasteiger partial charge on any atom is -0.311 e. The van der Waals surface area contributed by atoms with Gasteiger partial charge in [0.2, 0.25) is 0 Å². The molecule has 11 rings (SSSR count). The highest BCUT2D eigenvalue weighted by molar-refractivity contribution is 5.91. The molecule has 2 nitrogen and oxygen atoms in total. The SMILES string of the molecule is c1ccc(-c2ccc(N(c3ccccc3)c3ccc(-c4cccc(-c5cccc(-c6ccc(N(c7ccccc7)c7ccc(-c8ccccc8)cc7)c(-c7ccccc7)c6)c5)c4)cc3)cc2)cc1.